The molecule has 134 valence electrons. The Morgan fingerprint density at radius 3 is 2.65 bits per heavy atom. The third kappa shape index (κ3) is 3.95. The van der Waals surface area contributed by atoms with Crippen molar-refractivity contribution >= 4 is 27.9 Å². The summed E-state index contributed by atoms with van der Waals surface area (Å²) < 4.78 is 0. The number of nitrogens with zero attached hydrogens (tertiary/aromatic N) is 5. The van der Waals surface area contributed by atoms with E-state index in [0.29, 0.717) is 13.0 Å². The lowest BCUT2D eigenvalue weighted by atomic mass is 10.1. The van der Waals surface area contributed by atoms with Gasteiger partial charge in [0.15, 0.2) is 5.78 Å². The lowest BCUT2D eigenvalue weighted by Gasteiger charge is -2.31. The molecule has 0 amide bonds. The lowest BCUT2D eigenvalue weighted by Crippen LogP contribution is -2.46. The van der Waals surface area contributed by atoms with Gasteiger partial charge in [-0.3, -0.25) is 24.6 Å². The molecule has 0 radical (unpaired) electrons. The van der Waals surface area contributed by atoms with Crippen LogP contribution in [-0.2, 0) is 11.2 Å². The van der Waals surface area contributed by atoms with Crippen LogP contribution in [0.15, 0.2) is 36.2 Å². The highest BCUT2D eigenvalue weighted by molar-refractivity contribution is 7.13. The molecular weight excluding hydrogens is 346 g/mol. The summed E-state index contributed by atoms with van der Waals surface area (Å²) in [5, 5.41) is 2.04. The lowest BCUT2D eigenvalue weighted by molar-refractivity contribution is -0.120. The SMILES string of the molecule is CN1CCN(CC(=O)Cc2cc3cc(-c4cncs4)ncc3cn2)CC1. The number of hydrogen-bond donors (Lipinski definition) is 0. The van der Waals surface area contributed by atoms with Crippen LogP contribution in [-0.4, -0.2) is 70.3 Å². The molecule has 1 aliphatic rings. The zero-order chi connectivity index (χ0) is 17.9. The number of thiazole rings is 1. The van der Waals surface area contributed by atoms with Crippen LogP contribution in [0.1, 0.15) is 5.69 Å². The van der Waals surface area contributed by atoms with E-state index in [9.17, 15) is 4.79 Å². The molecular formula is C19H21N5OS. The maximum Gasteiger partial charge on any atom is 0.152 e. The molecule has 3 aromatic rings. The Bertz CT molecular complexity index is 903. The maximum absolute atomic E-state index is 12.4. The van der Waals surface area contributed by atoms with Crippen molar-refractivity contribution in [2.75, 3.05) is 39.8 Å². The first-order valence-corrected chi connectivity index (χ1v) is 9.61. The normalized spacial score (nSPS) is 16.2. The van der Waals surface area contributed by atoms with Crippen molar-refractivity contribution in [2.45, 2.75) is 6.42 Å². The smallest absolute Gasteiger partial charge is 0.152 e. The molecule has 1 saturated heterocycles. The van der Waals surface area contributed by atoms with Crippen LogP contribution in [0.3, 0.4) is 0 Å². The predicted octanol–water partition coefficient (Wildman–Crippen LogP) is 2.11. The minimum absolute atomic E-state index is 0.220. The van der Waals surface area contributed by atoms with Gasteiger partial charge in [-0.15, -0.1) is 11.3 Å². The van der Waals surface area contributed by atoms with E-state index in [0.717, 1.165) is 53.2 Å². The van der Waals surface area contributed by atoms with Crippen molar-refractivity contribution in [3.8, 4) is 10.6 Å². The Balaban J connectivity index is 1.47. The largest absolute Gasteiger partial charge is 0.304 e. The van der Waals surface area contributed by atoms with E-state index in [1.165, 1.54) is 0 Å². The third-order valence-corrected chi connectivity index (χ3v) is 5.51. The van der Waals surface area contributed by atoms with Gasteiger partial charge in [-0.25, -0.2) is 0 Å². The first-order chi connectivity index (χ1) is 12.7. The van der Waals surface area contributed by atoms with E-state index in [-0.39, 0.29) is 5.78 Å². The number of hydrogen-bond acceptors (Lipinski definition) is 7. The first-order valence-electron chi connectivity index (χ1n) is 8.73. The number of likely N-dealkylation sites (N-methyl/N-ethyl adjacent to an activating group) is 1. The van der Waals surface area contributed by atoms with E-state index >= 15 is 0 Å². The molecule has 26 heavy (non-hydrogen) atoms. The van der Waals surface area contributed by atoms with Crippen LogP contribution < -0.4 is 0 Å². The summed E-state index contributed by atoms with van der Waals surface area (Å²) in [7, 11) is 2.12. The number of Topliss-reactive ketones (excluding diaryl/α,β-unsaturated/α-hetero) is 1. The molecule has 1 fully saturated rings. The van der Waals surface area contributed by atoms with E-state index in [2.05, 4.69) is 31.8 Å². The van der Waals surface area contributed by atoms with Crippen molar-refractivity contribution in [3.63, 3.8) is 0 Å². The number of fused-ring (bicyclic) bond motifs is 1. The van der Waals surface area contributed by atoms with Crippen LogP contribution in [0.5, 0.6) is 0 Å². The van der Waals surface area contributed by atoms with Crippen molar-refractivity contribution in [3.05, 3.63) is 41.9 Å². The molecule has 4 rings (SSSR count). The quantitative estimate of drug-likeness (QED) is 0.688. The molecule has 1 aliphatic heterocycles. The summed E-state index contributed by atoms with van der Waals surface area (Å²) in [5.41, 5.74) is 3.52. The Labute approximate surface area is 156 Å². The molecule has 0 unspecified atom stereocenters. The molecule has 0 saturated carbocycles. The van der Waals surface area contributed by atoms with Crippen molar-refractivity contribution < 1.29 is 4.79 Å². The molecule has 0 aliphatic carbocycles. The van der Waals surface area contributed by atoms with Gasteiger partial charge in [-0.05, 0) is 24.6 Å². The Kier molecular flexibility index (Phi) is 5.01. The third-order valence-electron chi connectivity index (χ3n) is 4.72. The minimum Gasteiger partial charge on any atom is -0.304 e. The van der Waals surface area contributed by atoms with Crippen LogP contribution >= 0.6 is 11.3 Å². The molecule has 0 N–H and O–H groups in total. The summed E-state index contributed by atoms with van der Waals surface area (Å²) in [6.07, 6.45) is 5.82. The van der Waals surface area contributed by atoms with Crippen molar-refractivity contribution in [1.82, 2.24) is 24.8 Å². The number of aromatic nitrogens is 3. The van der Waals surface area contributed by atoms with E-state index in [1.807, 2.05) is 24.5 Å². The zero-order valence-corrected chi connectivity index (χ0v) is 15.6. The van der Waals surface area contributed by atoms with Gasteiger partial charge in [-0.2, -0.15) is 0 Å². The number of rotatable bonds is 5. The first kappa shape index (κ1) is 17.2. The second-order valence-electron chi connectivity index (χ2n) is 6.75. The van der Waals surface area contributed by atoms with Gasteiger partial charge in [-0.1, -0.05) is 0 Å². The van der Waals surface area contributed by atoms with Crippen LogP contribution in [0.2, 0.25) is 0 Å². The molecule has 0 aromatic carbocycles. The summed E-state index contributed by atoms with van der Waals surface area (Å²) in [6.45, 7) is 4.47. The molecule has 0 bridgehead atoms. The topological polar surface area (TPSA) is 62.2 Å². The van der Waals surface area contributed by atoms with E-state index in [1.54, 1.807) is 23.0 Å². The average molecular weight is 367 g/mol. The number of piperazine rings is 1. The van der Waals surface area contributed by atoms with Gasteiger partial charge in [0, 0.05) is 55.8 Å². The fourth-order valence-corrected chi connectivity index (χ4v) is 3.76. The summed E-state index contributed by atoms with van der Waals surface area (Å²) in [5.74, 6) is 0.220. The van der Waals surface area contributed by atoms with Gasteiger partial charge in [0.1, 0.15) is 0 Å². The monoisotopic (exact) mass is 367 g/mol. The Morgan fingerprint density at radius 2 is 1.88 bits per heavy atom. The summed E-state index contributed by atoms with van der Waals surface area (Å²) >= 11 is 1.57. The molecule has 0 atom stereocenters. The maximum atomic E-state index is 12.4. The molecule has 0 spiro atoms. The molecule has 6 nitrogen and oxygen atoms in total. The average Bonchev–Trinajstić information content (AvgIpc) is 3.18. The van der Waals surface area contributed by atoms with Crippen LogP contribution in [0, 0.1) is 0 Å². The van der Waals surface area contributed by atoms with Gasteiger partial charge < -0.3 is 4.90 Å². The van der Waals surface area contributed by atoms with Gasteiger partial charge in [0.2, 0.25) is 0 Å². The number of pyridine rings is 2. The number of carbonyl (C=O) groups excluding carboxylic acids is 1. The fraction of sp³-hybridized carbons (Fsp3) is 0.368. The number of carbonyl (C=O) groups is 1. The Hall–Kier alpha value is -2.22. The predicted molar refractivity (Wildman–Crippen MR) is 103 cm³/mol. The fourth-order valence-electron chi connectivity index (χ4n) is 3.17. The van der Waals surface area contributed by atoms with Gasteiger partial charge in [0.25, 0.3) is 0 Å². The summed E-state index contributed by atoms with van der Waals surface area (Å²) in [4.78, 5) is 31.0. The van der Waals surface area contributed by atoms with Gasteiger partial charge >= 0.3 is 0 Å². The van der Waals surface area contributed by atoms with E-state index < -0.39 is 0 Å². The minimum atomic E-state index is 0.220. The van der Waals surface area contributed by atoms with Crippen LogP contribution in [0.25, 0.3) is 21.3 Å². The van der Waals surface area contributed by atoms with E-state index in [4.69, 9.17) is 0 Å². The second kappa shape index (κ2) is 7.57. The van der Waals surface area contributed by atoms with Crippen LogP contribution in [0.4, 0.5) is 0 Å². The highest BCUT2D eigenvalue weighted by Gasteiger charge is 2.17. The Morgan fingerprint density at radius 1 is 1.08 bits per heavy atom. The zero-order valence-electron chi connectivity index (χ0n) is 14.8. The van der Waals surface area contributed by atoms with Crippen molar-refractivity contribution in [1.29, 1.82) is 0 Å². The number of ketones is 1. The summed E-state index contributed by atoms with van der Waals surface area (Å²) in [6, 6.07) is 4.04. The highest BCUT2D eigenvalue weighted by atomic mass is 32.1. The standard InChI is InChI=1S/C19H21N5OS/c1-23-2-4-24(5-3-23)12-17(25)8-16-6-14-7-18(19-11-20-13-26-19)22-10-15(14)9-21-16/h6-7,9-11,13H,2-5,8,12H2,1H3. The molecule has 7 heteroatoms. The van der Waals surface area contributed by atoms with Gasteiger partial charge in [0.05, 0.1) is 29.0 Å². The molecule has 4 heterocycles. The second-order valence-corrected chi connectivity index (χ2v) is 7.64. The molecule has 3 aromatic heterocycles. The highest BCUT2D eigenvalue weighted by Crippen LogP contribution is 2.24. The van der Waals surface area contributed by atoms with Crippen molar-refractivity contribution in [2.24, 2.45) is 0 Å².